The molecule has 1 aromatic carbocycles. The maximum absolute atomic E-state index is 11.8. The van der Waals surface area contributed by atoms with Crippen LogP contribution < -0.4 is 10.6 Å². The van der Waals surface area contributed by atoms with E-state index in [9.17, 15) is 4.79 Å². The lowest BCUT2D eigenvalue weighted by molar-refractivity contribution is 0.247. The number of halogens is 2. The van der Waals surface area contributed by atoms with Gasteiger partial charge in [-0.3, -0.25) is 4.68 Å². The second kappa shape index (κ2) is 6.63. The standard InChI is InChI=1S/C13H14Cl2N4O/c1-9(8-19-6-2-5-16-19)17-13(20)18-10-3-4-11(14)12(15)7-10/h2-7,9H,8H2,1H3,(H2,17,18,20). The van der Waals surface area contributed by atoms with Gasteiger partial charge in [0.1, 0.15) is 0 Å². The predicted octanol–water partition coefficient (Wildman–Crippen LogP) is 3.40. The number of carbonyl (C=O) groups is 1. The molecule has 2 rings (SSSR count). The van der Waals surface area contributed by atoms with Crippen LogP contribution >= 0.6 is 23.2 Å². The van der Waals surface area contributed by atoms with Crippen molar-refractivity contribution in [3.8, 4) is 0 Å². The van der Waals surface area contributed by atoms with Crippen molar-refractivity contribution < 1.29 is 4.79 Å². The van der Waals surface area contributed by atoms with E-state index in [-0.39, 0.29) is 12.1 Å². The smallest absolute Gasteiger partial charge is 0.319 e. The Bertz CT molecular complexity index is 586. The largest absolute Gasteiger partial charge is 0.334 e. The van der Waals surface area contributed by atoms with Gasteiger partial charge in [-0.25, -0.2) is 4.79 Å². The van der Waals surface area contributed by atoms with Gasteiger partial charge in [0.15, 0.2) is 0 Å². The molecule has 0 aliphatic rings. The number of hydrogen-bond acceptors (Lipinski definition) is 2. The number of aromatic nitrogens is 2. The molecule has 20 heavy (non-hydrogen) atoms. The van der Waals surface area contributed by atoms with E-state index >= 15 is 0 Å². The molecular formula is C13H14Cl2N4O. The Morgan fingerprint density at radius 3 is 2.85 bits per heavy atom. The van der Waals surface area contributed by atoms with Gasteiger partial charge in [-0.2, -0.15) is 5.10 Å². The topological polar surface area (TPSA) is 59.0 Å². The Kier molecular flexibility index (Phi) is 4.87. The Morgan fingerprint density at radius 2 is 2.20 bits per heavy atom. The van der Waals surface area contributed by atoms with Crippen LogP contribution in [0.2, 0.25) is 10.0 Å². The maximum atomic E-state index is 11.8. The number of urea groups is 1. The first kappa shape index (κ1) is 14.7. The minimum Gasteiger partial charge on any atom is -0.334 e. The van der Waals surface area contributed by atoms with Gasteiger partial charge < -0.3 is 10.6 Å². The SMILES string of the molecule is CC(Cn1cccn1)NC(=O)Nc1ccc(Cl)c(Cl)c1. The summed E-state index contributed by atoms with van der Waals surface area (Å²) in [6.07, 6.45) is 3.54. The highest BCUT2D eigenvalue weighted by molar-refractivity contribution is 6.42. The van der Waals surface area contributed by atoms with E-state index in [1.165, 1.54) is 0 Å². The number of benzene rings is 1. The molecule has 5 nitrogen and oxygen atoms in total. The molecule has 1 unspecified atom stereocenters. The molecule has 2 aromatic rings. The minimum absolute atomic E-state index is 0.0577. The van der Waals surface area contributed by atoms with E-state index in [0.717, 1.165) is 0 Å². The molecule has 7 heteroatoms. The fourth-order valence-electron chi connectivity index (χ4n) is 1.70. The number of anilines is 1. The van der Waals surface area contributed by atoms with Crippen molar-refractivity contribution in [2.24, 2.45) is 0 Å². The van der Waals surface area contributed by atoms with Crippen LogP contribution in [0.5, 0.6) is 0 Å². The summed E-state index contributed by atoms with van der Waals surface area (Å²) in [6.45, 7) is 2.50. The number of rotatable bonds is 4. The summed E-state index contributed by atoms with van der Waals surface area (Å²) in [4.78, 5) is 11.8. The highest BCUT2D eigenvalue weighted by atomic mass is 35.5. The monoisotopic (exact) mass is 312 g/mol. The average molecular weight is 313 g/mol. The third-order valence-corrected chi connectivity index (χ3v) is 3.31. The Hall–Kier alpha value is -1.72. The van der Waals surface area contributed by atoms with Crippen LogP contribution in [0.1, 0.15) is 6.92 Å². The molecule has 0 saturated carbocycles. The zero-order valence-corrected chi connectivity index (χ0v) is 12.3. The lowest BCUT2D eigenvalue weighted by Crippen LogP contribution is -2.38. The highest BCUT2D eigenvalue weighted by Gasteiger charge is 2.09. The van der Waals surface area contributed by atoms with Gasteiger partial charge in [0, 0.05) is 24.1 Å². The maximum Gasteiger partial charge on any atom is 0.319 e. The van der Waals surface area contributed by atoms with E-state index in [4.69, 9.17) is 23.2 Å². The second-order valence-corrected chi connectivity index (χ2v) is 5.17. The first-order chi connectivity index (χ1) is 9.54. The Balaban J connectivity index is 1.87. The molecule has 0 fully saturated rings. The predicted molar refractivity (Wildman–Crippen MR) is 80.3 cm³/mol. The normalized spacial score (nSPS) is 11.9. The van der Waals surface area contributed by atoms with Gasteiger partial charge in [-0.15, -0.1) is 0 Å². The van der Waals surface area contributed by atoms with Crippen LogP contribution in [0, 0.1) is 0 Å². The van der Waals surface area contributed by atoms with Crippen LogP contribution in [0.25, 0.3) is 0 Å². The van der Waals surface area contributed by atoms with E-state index < -0.39 is 0 Å². The van der Waals surface area contributed by atoms with Gasteiger partial charge in [-0.1, -0.05) is 23.2 Å². The molecule has 106 valence electrons. The van der Waals surface area contributed by atoms with Gasteiger partial charge in [0.25, 0.3) is 0 Å². The molecule has 1 aromatic heterocycles. The molecular weight excluding hydrogens is 299 g/mol. The first-order valence-corrected chi connectivity index (χ1v) is 6.80. The summed E-state index contributed by atoms with van der Waals surface area (Å²) >= 11 is 11.7. The molecule has 1 atom stereocenters. The van der Waals surface area contributed by atoms with Crippen molar-refractivity contribution in [2.75, 3.05) is 5.32 Å². The molecule has 0 bridgehead atoms. The minimum atomic E-state index is -0.303. The number of amides is 2. The Morgan fingerprint density at radius 1 is 1.40 bits per heavy atom. The van der Waals surface area contributed by atoms with Crippen LogP contribution in [0.4, 0.5) is 10.5 Å². The molecule has 1 heterocycles. The van der Waals surface area contributed by atoms with E-state index in [2.05, 4.69) is 15.7 Å². The van der Waals surface area contributed by atoms with Crippen molar-refractivity contribution in [2.45, 2.75) is 19.5 Å². The number of nitrogens with zero attached hydrogens (tertiary/aromatic N) is 2. The summed E-state index contributed by atoms with van der Waals surface area (Å²) in [6, 6.07) is 6.39. The fraction of sp³-hybridized carbons (Fsp3) is 0.231. The van der Waals surface area contributed by atoms with E-state index in [1.807, 2.05) is 19.2 Å². The number of nitrogens with one attached hydrogen (secondary N) is 2. The fourth-order valence-corrected chi connectivity index (χ4v) is 2.00. The number of hydrogen-bond donors (Lipinski definition) is 2. The second-order valence-electron chi connectivity index (χ2n) is 4.36. The lowest BCUT2D eigenvalue weighted by atomic mass is 10.3. The van der Waals surface area contributed by atoms with Crippen molar-refractivity contribution in [1.82, 2.24) is 15.1 Å². The van der Waals surface area contributed by atoms with E-state index in [1.54, 1.807) is 29.1 Å². The summed E-state index contributed by atoms with van der Waals surface area (Å²) in [5.41, 5.74) is 0.586. The van der Waals surface area contributed by atoms with Gasteiger partial charge in [0.2, 0.25) is 0 Å². The third kappa shape index (κ3) is 4.15. The molecule has 0 saturated heterocycles. The molecule has 0 aliphatic heterocycles. The first-order valence-electron chi connectivity index (χ1n) is 6.04. The van der Waals surface area contributed by atoms with Crippen LogP contribution in [-0.2, 0) is 6.54 Å². The van der Waals surface area contributed by atoms with Crippen molar-refractivity contribution in [3.63, 3.8) is 0 Å². The van der Waals surface area contributed by atoms with Crippen molar-refractivity contribution in [3.05, 3.63) is 46.7 Å². The van der Waals surface area contributed by atoms with Gasteiger partial charge in [-0.05, 0) is 31.2 Å². The zero-order valence-electron chi connectivity index (χ0n) is 10.8. The van der Waals surface area contributed by atoms with E-state index in [0.29, 0.717) is 22.3 Å². The van der Waals surface area contributed by atoms with Crippen molar-refractivity contribution >= 4 is 34.9 Å². The zero-order chi connectivity index (χ0) is 14.5. The molecule has 0 aliphatic carbocycles. The van der Waals surface area contributed by atoms with Crippen LogP contribution in [0.15, 0.2) is 36.7 Å². The molecule has 2 amide bonds. The quantitative estimate of drug-likeness (QED) is 0.909. The molecule has 0 radical (unpaired) electrons. The Labute approximate surface area is 126 Å². The third-order valence-electron chi connectivity index (χ3n) is 2.58. The summed E-state index contributed by atoms with van der Waals surface area (Å²) in [7, 11) is 0. The summed E-state index contributed by atoms with van der Waals surface area (Å²) in [5.74, 6) is 0. The molecule has 2 N–H and O–H groups in total. The highest BCUT2D eigenvalue weighted by Crippen LogP contribution is 2.24. The molecule has 0 spiro atoms. The average Bonchev–Trinajstić information content (AvgIpc) is 2.86. The van der Waals surface area contributed by atoms with Crippen LogP contribution in [-0.4, -0.2) is 21.9 Å². The summed E-state index contributed by atoms with van der Waals surface area (Å²) < 4.78 is 1.75. The van der Waals surface area contributed by atoms with Crippen molar-refractivity contribution in [1.29, 1.82) is 0 Å². The summed E-state index contributed by atoms with van der Waals surface area (Å²) in [5, 5.41) is 10.4. The lowest BCUT2D eigenvalue weighted by Gasteiger charge is -2.15. The van der Waals surface area contributed by atoms with Crippen LogP contribution in [0.3, 0.4) is 0 Å². The van der Waals surface area contributed by atoms with Gasteiger partial charge in [0.05, 0.1) is 16.6 Å². The number of carbonyl (C=O) groups excluding carboxylic acids is 1. The van der Waals surface area contributed by atoms with Gasteiger partial charge >= 0.3 is 6.03 Å².